The van der Waals surface area contributed by atoms with Gasteiger partial charge in [0, 0.05) is 37.3 Å². The molecular weight excluding hydrogens is 343 g/mol. The molecule has 1 fully saturated rings. The summed E-state index contributed by atoms with van der Waals surface area (Å²) in [6.45, 7) is 2.57. The second kappa shape index (κ2) is 6.86. The molecule has 1 aromatic heterocycles. The van der Waals surface area contributed by atoms with Crippen LogP contribution in [0.2, 0.25) is 5.02 Å². The van der Waals surface area contributed by atoms with Gasteiger partial charge >= 0.3 is 0 Å². The molecule has 0 spiro atoms. The van der Waals surface area contributed by atoms with Crippen molar-refractivity contribution >= 4 is 17.9 Å². The fourth-order valence-corrected chi connectivity index (χ4v) is 4.32. The molecule has 7 heteroatoms. The number of hydrogen-bond donors (Lipinski definition) is 2. The van der Waals surface area contributed by atoms with Gasteiger partial charge < -0.3 is 0 Å². The van der Waals surface area contributed by atoms with Crippen molar-refractivity contribution in [3.8, 4) is 0 Å². The molecule has 2 aromatic rings. The lowest BCUT2D eigenvalue weighted by atomic mass is 9.88. The van der Waals surface area contributed by atoms with E-state index in [0.29, 0.717) is 5.69 Å². The lowest BCUT2D eigenvalue weighted by molar-refractivity contribution is 0.109. The number of piperidine rings is 1. The van der Waals surface area contributed by atoms with Gasteiger partial charge in [-0.15, -0.1) is 0 Å². The van der Waals surface area contributed by atoms with Crippen molar-refractivity contribution in [2.45, 2.75) is 31.3 Å². The zero-order valence-electron chi connectivity index (χ0n) is 13.8. The SMILES string of the molecule is O=Cc1n[nH]c2c1C(N1CCC(c3cccc(F)c3Cl)CC1)NCC2. The molecule has 2 N–H and O–H groups in total. The highest BCUT2D eigenvalue weighted by Gasteiger charge is 2.33. The van der Waals surface area contributed by atoms with E-state index < -0.39 is 0 Å². The topological polar surface area (TPSA) is 61.0 Å². The second-order valence-corrected chi connectivity index (χ2v) is 7.06. The Kier molecular flexibility index (Phi) is 4.58. The number of carbonyl (C=O) groups excluding carboxylic acids is 1. The number of fused-ring (bicyclic) bond motifs is 1. The van der Waals surface area contributed by atoms with Crippen LogP contribution in [0.3, 0.4) is 0 Å². The molecule has 2 aliphatic heterocycles. The van der Waals surface area contributed by atoms with Crippen LogP contribution >= 0.6 is 11.6 Å². The van der Waals surface area contributed by atoms with Crippen LogP contribution in [0, 0.1) is 5.82 Å². The molecule has 1 unspecified atom stereocenters. The van der Waals surface area contributed by atoms with Gasteiger partial charge in [-0.2, -0.15) is 5.10 Å². The van der Waals surface area contributed by atoms with Crippen LogP contribution in [0.15, 0.2) is 18.2 Å². The summed E-state index contributed by atoms with van der Waals surface area (Å²) in [4.78, 5) is 13.6. The van der Waals surface area contributed by atoms with E-state index in [1.54, 1.807) is 6.07 Å². The Balaban J connectivity index is 1.51. The lowest BCUT2D eigenvalue weighted by Crippen LogP contribution is -2.45. The monoisotopic (exact) mass is 362 g/mol. The molecule has 4 rings (SSSR count). The van der Waals surface area contributed by atoms with Crippen LogP contribution in [-0.2, 0) is 6.42 Å². The fourth-order valence-electron chi connectivity index (χ4n) is 4.04. The van der Waals surface area contributed by atoms with Gasteiger partial charge in [-0.3, -0.25) is 20.1 Å². The van der Waals surface area contributed by atoms with Crippen LogP contribution in [0.25, 0.3) is 0 Å². The number of carbonyl (C=O) groups is 1. The van der Waals surface area contributed by atoms with Crippen LogP contribution < -0.4 is 5.32 Å². The third-order valence-corrected chi connectivity index (χ3v) is 5.72. The van der Waals surface area contributed by atoms with E-state index in [1.807, 2.05) is 6.07 Å². The Morgan fingerprint density at radius 2 is 2.12 bits per heavy atom. The number of benzene rings is 1. The summed E-state index contributed by atoms with van der Waals surface area (Å²) in [5, 5.41) is 10.9. The molecule has 132 valence electrons. The molecule has 0 radical (unpaired) electrons. The minimum atomic E-state index is -0.353. The Morgan fingerprint density at radius 1 is 1.32 bits per heavy atom. The Hall–Kier alpha value is -1.76. The van der Waals surface area contributed by atoms with E-state index in [-0.39, 0.29) is 22.9 Å². The first-order valence-corrected chi connectivity index (χ1v) is 9.00. The van der Waals surface area contributed by atoms with Crippen molar-refractivity contribution in [3.63, 3.8) is 0 Å². The van der Waals surface area contributed by atoms with E-state index >= 15 is 0 Å². The summed E-state index contributed by atoms with van der Waals surface area (Å²) in [6, 6.07) is 5.04. The minimum Gasteiger partial charge on any atom is -0.297 e. The maximum absolute atomic E-state index is 13.7. The van der Waals surface area contributed by atoms with Crippen molar-refractivity contribution in [2.75, 3.05) is 19.6 Å². The summed E-state index contributed by atoms with van der Waals surface area (Å²) < 4.78 is 13.7. The van der Waals surface area contributed by atoms with E-state index in [2.05, 4.69) is 20.4 Å². The number of H-pyrrole nitrogens is 1. The minimum absolute atomic E-state index is 0.00614. The normalized spacial score (nSPS) is 21.9. The highest BCUT2D eigenvalue weighted by atomic mass is 35.5. The van der Waals surface area contributed by atoms with Crippen LogP contribution in [0.5, 0.6) is 0 Å². The summed E-state index contributed by atoms with van der Waals surface area (Å²) in [7, 11) is 0. The first-order valence-electron chi connectivity index (χ1n) is 8.62. The maximum atomic E-state index is 13.7. The molecule has 0 bridgehead atoms. The highest BCUT2D eigenvalue weighted by molar-refractivity contribution is 6.31. The smallest absolute Gasteiger partial charge is 0.170 e. The van der Waals surface area contributed by atoms with Gasteiger partial charge in [0.25, 0.3) is 0 Å². The summed E-state index contributed by atoms with van der Waals surface area (Å²) in [5.41, 5.74) is 3.41. The summed E-state index contributed by atoms with van der Waals surface area (Å²) >= 11 is 6.15. The molecule has 5 nitrogen and oxygen atoms in total. The van der Waals surface area contributed by atoms with Crippen LogP contribution in [0.4, 0.5) is 4.39 Å². The van der Waals surface area contributed by atoms with Gasteiger partial charge in [0.15, 0.2) is 6.29 Å². The van der Waals surface area contributed by atoms with Crippen LogP contribution in [-0.4, -0.2) is 41.0 Å². The summed E-state index contributed by atoms with van der Waals surface area (Å²) in [6.07, 6.45) is 3.48. The molecule has 1 aromatic carbocycles. The van der Waals surface area contributed by atoms with Gasteiger partial charge in [0.05, 0.1) is 11.2 Å². The summed E-state index contributed by atoms with van der Waals surface area (Å²) in [5.74, 6) is -0.0911. The number of halogens is 2. The van der Waals surface area contributed by atoms with Gasteiger partial charge in [-0.05, 0) is 30.4 Å². The fraction of sp³-hybridized carbons (Fsp3) is 0.444. The Labute approximate surface area is 150 Å². The quantitative estimate of drug-likeness (QED) is 0.824. The van der Waals surface area contributed by atoms with Crippen molar-refractivity contribution in [2.24, 2.45) is 0 Å². The zero-order chi connectivity index (χ0) is 17.4. The molecular formula is C18H20ClFN4O. The van der Waals surface area contributed by atoms with Crippen molar-refractivity contribution in [1.29, 1.82) is 0 Å². The van der Waals surface area contributed by atoms with E-state index in [9.17, 15) is 9.18 Å². The van der Waals surface area contributed by atoms with Gasteiger partial charge in [-0.1, -0.05) is 23.7 Å². The first kappa shape index (κ1) is 16.7. The van der Waals surface area contributed by atoms with Gasteiger partial charge in [-0.25, -0.2) is 4.39 Å². The Bertz CT molecular complexity index is 785. The second-order valence-electron chi connectivity index (χ2n) is 6.68. The van der Waals surface area contributed by atoms with E-state index in [1.165, 1.54) is 6.07 Å². The maximum Gasteiger partial charge on any atom is 0.170 e. The lowest BCUT2D eigenvalue weighted by Gasteiger charge is -2.40. The van der Waals surface area contributed by atoms with E-state index in [4.69, 9.17) is 11.6 Å². The van der Waals surface area contributed by atoms with Crippen molar-refractivity contribution in [3.05, 3.63) is 51.6 Å². The number of hydrogen-bond acceptors (Lipinski definition) is 4. The van der Waals surface area contributed by atoms with E-state index in [0.717, 1.165) is 62.0 Å². The van der Waals surface area contributed by atoms with Gasteiger partial charge in [0.1, 0.15) is 11.5 Å². The number of aromatic nitrogens is 2. The number of nitrogens with zero attached hydrogens (tertiary/aromatic N) is 2. The molecule has 0 saturated carbocycles. The molecule has 3 heterocycles. The number of rotatable bonds is 3. The third kappa shape index (κ3) is 2.99. The molecule has 1 saturated heterocycles. The zero-order valence-corrected chi connectivity index (χ0v) is 14.5. The molecule has 2 aliphatic rings. The van der Waals surface area contributed by atoms with Gasteiger partial charge in [0.2, 0.25) is 0 Å². The van der Waals surface area contributed by atoms with Crippen LogP contribution in [0.1, 0.15) is 52.2 Å². The largest absolute Gasteiger partial charge is 0.297 e. The predicted octanol–water partition coefficient (Wildman–Crippen LogP) is 3.04. The predicted molar refractivity (Wildman–Crippen MR) is 93.4 cm³/mol. The number of nitrogens with one attached hydrogen (secondary N) is 2. The third-order valence-electron chi connectivity index (χ3n) is 5.33. The molecule has 25 heavy (non-hydrogen) atoms. The Morgan fingerprint density at radius 3 is 2.88 bits per heavy atom. The molecule has 1 atom stereocenters. The first-order chi connectivity index (χ1) is 12.2. The average Bonchev–Trinajstić information content (AvgIpc) is 3.07. The number of likely N-dealkylation sites (tertiary alicyclic amines) is 1. The average molecular weight is 363 g/mol. The highest BCUT2D eigenvalue weighted by Crippen LogP contribution is 2.37. The molecule has 0 amide bonds. The van der Waals surface area contributed by atoms with Crippen molar-refractivity contribution < 1.29 is 9.18 Å². The standard InChI is InChI=1S/C18H20ClFN4O/c19-17-12(2-1-3-13(17)20)11-5-8-24(9-6-11)18-16-14(4-7-21-18)22-23-15(16)10-25/h1-3,10-11,18,21H,4-9H2,(H,22,23). The number of aromatic amines is 1. The molecule has 0 aliphatic carbocycles. The number of aldehydes is 1. The van der Waals surface area contributed by atoms with Crippen molar-refractivity contribution in [1.82, 2.24) is 20.4 Å².